The quantitative estimate of drug-likeness (QED) is 0.770. The van der Waals surface area contributed by atoms with Crippen molar-refractivity contribution in [2.45, 2.75) is 13.0 Å². The third kappa shape index (κ3) is 13.0. The number of hydrogen-bond acceptors (Lipinski definition) is 1. The molecule has 0 spiro atoms. The zero-order chi connectivity index (χ0) is 9.52. The minimum Gasteiger partial charge on any atom is -0.677 e. The van der Waals surface area contributed by atoms with Gasteiger partial charge in [-0.05, 0) is 5.56 Å². The summed E-state index contributed by atoms with van der Waals surface area (Å²) in [6, 6.07) is 9.73. The third-order valence-electron chi connectivity index (χ3n) is 1.68. The fourth-order valence-corrected chi connectivity index (χ4v) is 0.998. The van der Waals surface area contributed by atoms with E-state index in [-0.39, 0.29) is 95.2 Å². The van der Waals surface area contributed by atoms with Gasteiger partial charge in [-0.1, -0.05) is 30.3 Å². The van der Waals surface area contributed by atoms with E-state index in [0.717, 1.165) is 5.56 Å². The van der Waals surface area contributed by atoms with E-state index >= 15 is 0 Å². The number of carbonyl (C=O) groups excluding carboxylic acids is 1. The molecule has 1 aromatic rings. The predicted molar refractivity (Wildman–Crippen MR) is 59.3 cm³/mol. The maximum atomic E-state index is 11.0. The van der Waals surface area contributed by atoms with Crippen molar-refractivity contribution in [2.75, 3.05) is 6.54 Å². The van der Waals surface area contributed by atoms with E-state index in [4.69, 9.17) is 5.73 Å². The van der Waals surface area contributed by atoms with Crippen LogP contribution in [0.4, 0.5) is 0 Å². The monoisotopic (exact) mass is 391 g/mol. The normalized spacial score (nSPS) is 7.35. The molecule has 0 fully saturated rings. The van der Waals surface area contributed by atoms with Crippen LogP contribution < -0.4 is 5.32 Å². The number of benzene rings is 1. The van der Waals surface area contributed by atoms with E-state index in [9.17, 15) is 4.79 Å². The molecule has 1 amide bonds. The van der Waals surface area contributed by atoms with Gasteiger partial charge in [0.2, 0.25) is 5.91 Å². The molecule has 0 aromatic heterocycles. The molecular formula is C10H17N2O3Y2-. The van der Waals surface area contributed by atoms with E-state index in [0.29, 0.717) is 6.54 Å². The first kappa shape index (κ1) is 26.4. The van der Waals surface area contributed by atoms with Crippen molar-refractivity contribution in [3.05, 3.63) is 41.6 Å². The largest absolute Gasteiger partial charge is 0.677 e. The Morgan fingerprint density at radius 3 is 2.12 bits per heavy atom. The number of amides is 1. The Kier molecular flexibility index (Phi) is 26.0. The van der Waals surface area contributed by atoms with E-state index in [1.165, 1.54) is 0 Å². The molecule has 1 rings (SSSR count). The first-order valence-corrected chi connectivity index (χ1v) is 4.28. The summed E-state index contributed by atoms with van der Waals surface area (Å²) in [7, 11) is 0. The molecule has 0 bridgehead atoms. The summed E-state index contributed by atoms with van der Waals surface area (Å²) in [5.41, 5.74) is 7.94. The summed E-state index contributed by atoms with van der Waals surface area (Å²) in [4.78, 5) is 11.0. The van der Waals surface area contributed by atoms with Gasteiger partial charge in [0.25, 0.3) is 0 Å². The average molecular weight is 391 g/mol. The number of hydrogen-bond donors (Lipinski definition) is 1. The van der Waals surface area contributed by atoms with Crippen molar-refractivity contribution in [1.82, 2.24) is 5.32 Å². The van der Waals surface area contributed by atoms with Gasteiger partial charge >= 0.3 is 0 Å². The van der Waals surface area contributed by atoms with Gasteiger partial charge in [0.15, 0.2) is 0 Å². The van der Waals surface area contributed by atoms with Crippen molar-refractivity contribution in [1.29, 1.82) is 0 Å². The minimum absolute atomic E-state index is 0. The summed E-state index contributed by atoms with van der Waals surface area (Å²) in [6.07, 6.45) is 0.285. The molecule has 92 valence electrons. The Labute approximate surface area is 152 Å². The van der Waals surface area contributed by atoms with Crippen LogP contribution in [0.3, 0.4) is 0 Å². The summed E-state index contributed by atoms with van der Waals surface area (Å²) in [6.45, 7) is 0.709. The van der Waals surface area contributed by atoms with Crippen molar-refractivity contribution >= 4 is 5.91 Å². The Hall–Kier alpha value is 0.778. The molecule has 0 saturated carbocycles. The molecule has 1 aromatic carbocycles. The zero-order valence-corrected chi connectivity index (χ0v) is 15.2. The van der Waals surface area contributed by atoms with Crippen LogP contribution in [0.15, 0.2) is 30.3 Å². The molecule has 0 aliphatic carbocycles. The smallest absolute Gasteiger partial charge is 0.218 e. The molecule has 0 aliphatic heterocycles. The van der Waals surface area contributed by atoms with E-state index in [1.54, 1.807) is 0 Å². The van der Waals surface area contributed by atoms with Gasteiger partial charge in [0.05, 0.1) is 0 Å². The molecule has 5 nitrogen and oxygen atoms in total. The van der Waals surface area contributed by atoms with Gasteiger partial charge in [-0.3, -0.25) is 4.79 Å². The van der Waals surface area contributed by atoms with Gasteiger partial charge in [0, 0.05) is 78.4 Å². The maximum absolute atomic E-state index is 11.0. The van der Waals surface area contributed by atoms with Crippen molar-refractivity contribution in [2.24, 2.45) is 0 Å². The van der Waals surface area contributed by atoms with Crippen LogP contribution in [0.1, 0.15) is 12.0 Å². The summed E-state index contributed by atoms with van der Waals surface area (Å²) in [5, 5.41) is 2.74. The Balaban J connectivity index is -0.000000211. The second-order valence-corrected chi connectivity index (χ2v) is 2.76. The van der Waals surface area contributed by atoms with E-state index in [1.807, 2.05) is 30.3 Å². The van der Waals surface area contributed by atoms with Gasteiger partial charge in [0.1, 0.15) is 0 Å². The third-order valence-corrected chi connectivity index (χ3v) is 1.68. The van der Waals surface area contributed by atoms with Gasteiger partial charge < -0.3 is 22.0 Å². The second-order valence-electron chi connectivity index (χ2n) is 2.76. The van der Waals surface area contributed by atoms with Gasteiger partial charge in [-0.15, -0.1) is 6.54 Å². The fraction of sp³-hybridized carbons (Fsp3) is 0.300. The summed E-state index contributed by atoms with van der Waals surface area (Å²) >= 11 is 0. The van der Waals surface area contributed by atoms with Crippen LogP contribution in [-0.2, 0) is 76.8 Å². The molecular weight excluding hydrogens is 374 g/mol. The minimum atomic E-state index is -0.0566. The molecule has 0 heterocycles. The Morgan fingerprint density at radius 1 is 1.12 bits per heavy atom. The van der Waals surface area contributed by atoms with Crippen molar-refractivity contribution in [3.63, 3.8) is 0 Å². The SMILES string of the molecule is O.O.[NH-]CCC(=O)NCc1ccccc1.[Y].[Y]. The standard InChI is InChI=1S/C10H13N2O.2H2O.2Y/c11-7-6-10(13)12-8-9-4-2-1-3-5-9;;;;/h1-5,11H,6-8H2,(H,12,13);2*1H2;;/q-1;;;;. The first-order valence-electron chi connectivity index (χ1n) is 4.28. The molecule has 17 heavy (non-hydrogen) atoms. The summed E-state index contributed by atoms with van der Waals surface area (Å²) < 4.78 is 0. The van der Waals surface area contributed by atoms with E-state index < -0.39 is 0 Å². The van der Waals surface area contributed by atoms with Gasteiger partial charge in [-0.2, -0.15) is 0 Å². The Bertz CT molecular complexity index is 274. The molecule has 2 radical (unpaired) electrons. The maximum Gasteiger partial charge on any atom is 0.218 e. The first-order chi connectivity index (χ1) is 6.33. The topological polar surface area (TPSA) is 116 Å². The van der Waals surface area contributed by atoms with Crippen LogP contribution >= 0.6 is 0 Å². The predicted octanol–water partition coefficient (Wildman–Crippen LogP) is 0.0907. The molecule has 0 aliphatic rings. The molecule has 6 N–H and O–H groups in total. The summed E-state index contributed by atoms with van der Waals surface area (Å²) in [5.74, 6) is -0.0566. The van der Waals surface area contributed by atoms with E-state index in [2.05, 4.69) is 5.32 Å². The average Bonchev–Trinajstić information content (AvgIpc) is 2.17. The molecule has 7 heteroatoms. The van der Waals surface area contributed by atoms with Crippen LogP contribution in [0.25, 0.3) is 5.73 Å². The number of rotatable bonds is 4. The molecule has 0 unspecified atom stereocenters. The zero-order valence-electron chi connectivity index (χ0n) is 9.57. The molecule has 0 saturated heterocycles. The Morgan fingerprint density at radius 2 is 1.65 bits per heavy atom. The molecule has 0 atom stereocenters. The fourth-order valence-electron chi connectivity index (χ4n) is 0.998. The van der Waals surface area contributed by atoms with Crippen LogP contribution in [-0.4, -0.2) is 23.4 Å². The van der Waals surface area contributed by atoms with Crippen molar-refractivity contribution < 1.29 is 81.2 Å². The van der Waals surface area contributed by atoms with Crippen LogP contribution in [0, 0.1) is 0 Å². The van der Waals surface area contributed by atoms with Crippen LogP contribution in [0.5, 0.6) is 0 Å². The number of nitrogens with one attached hydrogen (secondary N) is 2. The number of carbonyl (C=O) groups is 1. The van der Waals surface area contributed by atoms with Crippen molar-refractivity contribution in [3.8, 4) is 0 Å². The second kappa shape index (κ2) is 16.8. The van der Waals surface area contributed by atoms with Gasteiger partial charge in [-0.25, -0.2) is 0 Å². The van der Waals surface area contributed by atoms with Crippen LogP contribution in [0.2, 0.25) is 0 Å².